The maximum Gasteiger partial charge on any atom is 0.435 e. The number of nitrogens with one attached hydrogen (secondary N) is 1. The fourth-order valence-corrected chi connectivity index (χ4v) is 4.89. The predicted molar refractivity (Wildman–Crippen MR) is 105 cm³/mol. The summed E-state index contributed by atoms with van der Waals surface area (Å²) >= 11 is 0. The highest BCUT2D eigenvalue weighted by Crippen LogP contribution is 2.43. The minimum Gasteiger partial charge on any atom is -0.506 e. The van der Waals surface area contributed by atoms with Crippen molar-refractivity contribution in [3.05, 3.63) is 35.4 Å². The van der Waals surface area contributed by atoms with Crippen molar-refractivity contribution in [3.8, 4) is 11.4 Å². The van der Waals surface area contributed by atoms with Crippen molar-refractivity contribution in [1.82, 2.24) is 20.1 Å². The monoisotopic (exact) mass is 438 g/mol. The van der Waals surface area contributed by atoms with Crippen molar-refractivity contribution in [2.24, 2.45) is 5.92 Å². The van der Waals surface area contributed by atoms with Crippen LogP contribution in [0.15, 0.2) is 18.5 Å². The average Bonchev–Trinajstić information content (AvgIpc) is 3.15. The van der Waals surface area contributed by atoms with Crippen LogP contribution in [0.2, 0.25) is 0 Å². The summed E-state index contributed by atoms with van der Waals surface area (Å²) < 4.78 is 47.4. The summed E-state index contributed by atoms with van der Waals surface area (Å²) in [6, 6.07) is 1.35. The molecule has 2 aliphatic rings. The highest BCUT2D eigenvalue weighted by atomic mass is 19.4. The van der Waals surface area contributed by atoms with Crippen LogP contribution in [0, 0.1) is 5.92 Å². The Hall–Kier alpha value is -2.62. The Morgan fingerprint density at radius 2 is 2.16 bits per heavy atom. The lowest BCUT2D eigenvalue weighted by Gasteiger charge is -2.33. The van der Waals surface area contributed by atoms with Crippen molar-refractivity contribution in [1.29, 1.82) is 0 Å². The van der Waals surface area contributed by atoms with E-state index >= 15 is 0 Å². The number of piperidine rings is 1. The van der Waals surface area contributed by atoms with E-state index < -0.39 is 11.9 Å². The standard InChI is InChI=1S/C21H25F3N4O3/c1-31-20(30)13-5-6-26-14(8-13)7-12-3-2-4-17-18(12)28(27-19(17)21(22,23)24)15-9-16(29)11-25-10-15/h9-14,26,29H,2-8H2,1H3. The smallest absolute Gasteiger partial charge is 0.435 e. The number of ether oxygens (including phenoxy) is 1. The Balaban J connectivity index is 1.69. The molecule has 168 valence electrons. The Bertz CT molecular complexity index is 960. The van der Waals surface area contributed by atoms with Crippen molar-refractivity contribution in [2.75, 3.05) is 13.7 Å². The van der Waals surface area contributed by atoms with Crippen LogP contribution < -0.4 is 5.32 Å². The van der Waals surface area contributed by atoms with Gasteiger partial charge in [0.25, 0.3) is 0 Å². The van der Waals surface area contributed by atoms with E-state index in [0.717, 1.165) is 6.42 Å². The first-order chi connectivity index (χ1) is 14.8. The summed E-state index contributed by atoms with van der Waals surface area (Å²) in [6.07, 6.45) is 1.58. The quantitative estimate of drug-likeness (QED) is 0.712. The highest BCUT2D eigenvalue weighted by Gasteiger charge is 2.42. The van der Waals surface area contributed by atoms with Crippen molar-refractivity contribution in [2.45, 2.75) is 56.7 Å². The van der Waals surface area contributed by atoms with Gasteiger partial charge in [-0.1, -0.05) is 0 Å². The molecule has 2 aromatic heterocycles. The second-order valence-electron chi connectivity index (χ2n) is 8.24. The number of fused-ring (bicyclic) bond motifs is 1. The molecule has 0 saturated carbocycles. The summed E-state index contributed by atoms with van der Waals surface area (Å²) in [5, 5.41) is 17.1. The number of hydrogen-bond donors (Lipinski definition) is 2. The largest absolute Gasteiger partial charge is 0.506 e. The molecule has 2 aromatic rings. The minimum atomic E-state index is -4.57. The van der Waals surface area contributed by atoms with E-state index in [1.54, 1.807) is 0 Å². The van der Waals surface area contributed by atoms with Crippen molar-refractivity contribution in [3.63, 3.8) is 0 Å². The molecule has 2 N–H and O–H groups in total. The molecule has 1 saturated heterocycles. The maximum absolute atomic E-state index is 13.7. The summed E-state index contributed by atoms with van der Waals surface area (Å²) in [5.41, 5.74) is 0.155. The zero-order valence-corrected chi connectivity index (χ0v) is 17.2. The molecule has 0 aromatic carbocycles. The Morgan fingerprint density at radius 3 is 2.87 bits per heavy atom. The minimum absolute atomic E-state index is 0.00575. The van der Waals surface area contributed by atoms with Crippen molar-refractivity contribution < 1.29 is 27.8 Å². The zero-order chi connectivity index (χ0) is 22.2. The molecule has 7 nitrogen and oxygen atoms in total. The number of aromatic nitrogens is 3. The molecule has 0 radical (unpaired) electrons. The van der Waals surface area contributed by atoms with Crippen LogP contribution in [-0.4, -0.2) is 45.5 Å². The van der Waals surface area contributed by atoms with Gasteiger partial charge in [-0.2, -0.15) is 18.3 Å². The molecule has 0 spiro atoms. The molecule has 3 heterocycles. The number of rotatable bonds is 4. The van der Waals surface area contributed by atoms with Gasteiger partial charge in [-0.15, -0.1) is 0 Å². The highest BCUT2D eigenvalue weighted by molar-refractivity contribution is 5.72. The van der Waals surface area contributed by atoms with Crippen LogP contribution in [-0.2, 0) is 22.1 Å². The lowest BCUT2D eigenvalue weighted by atomic mass is 9.79. The second-order valence-corrected chi connectivity index (χ2v) is 8.24. The normalized spacial score (nSPS) is 23.9. The molecule has 1 fully saturated rings. The lowest BCUT2D eigenvalue weighted by molar-refractivity contribution is -0.146. The first-order valence-electron chi connectivity index (χ1n) is 10.4. The number of carbonyl (C=O) groups is 1. The van der Waals surface area contributed by atoms with Gasteiger partial charge in [0.2, 0.25) is 0 Å². The lowest BCUT2D eigenvalue weighted by Crippen LogP contribution is -2.42. The molecule has 1 aliphatic heterocycles. The Labute approximate surface area is 177 Å². The van der Waals surface area contributed by atoms with E-state index in [-0.39, 0.29) is 35.2 Å². The van der Waals surface area contributed by atoms with Crippen molar-refractivity contribution >= 4 is 5.97 Å². The summed E-state index contributed by atoms with van der Waals surface area (Å²) in [6.45, 7) is 0.660. The number of carbonyl (C=O) groups excluding carboxylic acids is 1. The average molecular weight is 438 g/mol. The summed E-state index contributed by atoms with van der Waals surface area (Å²) in [5.74, 6) is -0.752. The maximum atomic E-state index is 13.7. The molecule has 10 heteroatoms. The number of aromatic hydroxyl groups is 1. The topological polar surface area (TPSA) is 89.3 Å². The Morgan fingerprint density at radius 1 is 1.35 bits per heavy atom. The first-order valence-corrected chi connectivity index (χ1v) is 10.4. The summed E-state index contributed by atoms with van der Waals surface area (Å²) in [4.78, 5) is 15.9. The van der Waals surface area contributed by atoms with E-state index in [9.17, 15) is 23.1 Å². The number of halogens is 3. The van der Waals surface area contributed by atoms with Gasteiger partial charge in [-0.05, 0) is 45.1 Å². The number of pyridine rings is 1. The van der Waals surface area contributed by atoms with Crippen LogP contribution >= 0.6 is 0 Å². The molecule has 4 rings (SSSR count). The van der Waals surface area contributed by atoms with Gasteiger partial charge in [0.05, 0.1) is 36.8 Å². The van der Waals surface area contributed by atoms with Crippen LogP contribution in [0.25, 0.3) is 5.69 Å². The molecular weight excluding hydrogens is 413 g/mol. The van der Waals surface area contributed by atoms with E-state index in [1.165, 1.54) is 30.3 Å². The van der Waals surface area contributed by atoms with Gasteiger partial charge in [0.1, 0.15) is 5.75 Å². The van der Waals surface area contributed by atoms with E-state index in [1.807, 2.05) is 0 Å². The fourth-order valence-electron chi connectivity index (χ4n) is 4.89. The third-order valence-corrected chi connectivity index (χ3v) is 6.21. The molecule has 3 atom stereocenters. The van der Waals surface area contributed by atoms with Crippen LogP contribution in [0.4, 0.5) is 13.2 Å². The number of methoxy groups -OCH3 is 1. The van der Waals surface area contributed by atoms with Crippen LogP contribution in [0.3, 0.4) is 0 Å². The number of esters is 1. The van der Waals surface area contributed by atoms with Gasteiger partial charge in [-0.3, -0.25) is 9.78 Å². The van der Waals surface area contributed by atoms with E-state index in [4.69, 9.17) is 4.74 Å². The first kappa shape index (κ1) is 21.6. The van der Waals surface area contributed by atoms with Crippen LogP contribution in [0.1, 0.15) is 55.0 Å². The van der Waals surface area contributed by atoms with Crippen LogP contribution in [0.5, 0.6) is 5.75 Å². The second kappa shape index (κ2) is 8.49. The summed E-state index contributed by atoms with van der Waals surface area (Å²) in [7, 11) is 1.37. The zero-order valence-electron chi connectivity index (χ0n) is 17.2. The molecule has 0 bridgehead atoms. The number of alkyl halides is 3. The van der Waals surface area contributed by atoms with Gasteiger partial charge in [-0.25, -0.2) is 4.68 Å². The van der Waals surface area contributed by atoms with E-state index in [2.05, 4.69) is 15.4 Å². The number of hydrogen-bond acceptors (Lipinski definition) is 6. The Kier molecular flexibility index (Phi) is 5.92. The predicted octanol–water partition coefficient (Wildman–Crippen LogP) is 3.34. The molecular formula is C21H25F3N4O3. The molecule has 0 amide bonds. The number of nitrogens with zero attached hydrogens (tertiary/aromatic N) is 3. The van der Waals surface area contributed by atoms with Gasteiger partial charge >= 0.3 is 12.1 Å². The van der Waals surface area contributed by atoms with Gasteiger partial charge < -0.3 is 15.2 Å². The third-order valence-electron chi connectivity index (χ3n) is 6.21. The fraction of sp³-hybridized carbons (Fsp3) is 0.571. The van der Waals surface area contributed by atoms with E-state index in [0.29, 0.717) is 50.0 Å². The molecule has 31 heavy (non-hydrogen) atoms. The molecule has 1 aliphatic carbocycles. The molecule has 3 unspecified atom stereocenters. The van der Waals surface area contributed by atoms with Gasteiger partial charge in [0.15, 0.2) is 5.69 Å². The SMILES string of the molecule is COC(=O)C1CCNC(CC2CCCc3c(C(F)(F)F)nn(-c4cncc(O)c4)c32)C1. The van der Waals surface area contributed by atoms with Gasteiger partial charge in [0, 0.05) is 23.6 Å². The third kappa shape index (κ3) is 4.39.